The van der Waals surface area contributed by atoms with Crippen LogP contribution < -0.4 is 4.90 Å². The van der Waals surface area contributed by atoms with Crippen LogP contribution in [0.15, 0.2) is 24.3 Å². The first-order valence-electron chi connectivity index (χ1n) is 8.10. The maximum absolute atomic E-state index is 12.4. The highest BCUT2D eigenvalue weighted by Crippen LogP contribution is 2.24. The largest absolute Gasteiger partial charge is 0.367 e. The van der Waals surface area contributed by atoms with Gasteiger partial charge >= 0.3 is 0 Å². The van der Waals surface area contributed by atoms with E-state index in [1.807, 2.05) is 13.8 Å². The molecule has 2 rings (SSSR count). The van der Waals surface area contributed by atoms with Gasteiger partial charge in [-0.1, -0.05) is 32.9 Å². The van der Waals surface area contributed by atoms with Crippen molar-refractivity contribution in [2.45, 2.75) is 53.1 Å². The summed E-state index contributed by atoms with van der Waals surface area (Å²) >= 11 is 0. The second kappa shape index (κ2) is 6.50. The average Bonchev–Trinajstić information content (AvgIpc) is 2.46. The summed E-state index contributed by atoms with van der Waals surface area (Å²) in [6, 6.07) is 9.34. The molecule has 1 heterocycles. The zero-order valence-electron chi connectivity index (χ0n) is 14.0. The van der Waals surface area contributed by atoms with Crippen molar-refractivity contribution >= 4 is 11.6 Å². The minimum atomic E-state index is 0.0743. The second-order valence-electron chi connectivity index (χ2n) is 6.52. The Kier molecular flexibility index (Phi) is 4.92. The van der Waals surface area contributed by atoms with Crippen LogP contribution in [0.3, 0.4) is 0 Å². The zero-order chi connectivity index (χ0) is 15.6. The summed E-state index contributed by atoms with van der Waals surface area (Å²) < 4.78 is 0. The highest BCUT2D eigenvalue weighted by Gasteiger charge is 2.33. The van der Waals surface area contributed by atoms with E-state index in [0.717, 1.165) is 19.5 Å². The van der Waals surface area contributed by atoms with Gasteiger partial charge in [0.25, 0.3) is 0 Å². The lowest BCUT2D eigenvalue weighted by molar-refractivity contribution is -0.139. The number of anilines is 1. The topological polar surface area (TPSA) is 23.6 Å². The van der Waals surface area contributed by atoms with Crippen LogP contribution in [0.2, 0.25) is 0 Å². The number of piperazine rings is 1. The number of rotatable bonds is 3. The SMILES string of the molecule is CCc1ccc(N2CC(C)N(C(=O)C(C)C)C(C)C2)cc1. The maximum Gasteiger partial charge on any atom is 0.225 e. The number of hydrogen-bond donors (Lipinski definition) is 0. The fraction of sp³-hybridized carbons (Fsp3) is 0.611. The molecule has 1 amide bonds. The molecule has 1 aliphatic rings. The minimum absolute atomic E-state index is 0.0743. The number of benzene rings is 1. The van der Waals surface area contributed by atoms with Crippen LogP contribution in [0.1, 0.15) is 40.2 Å². The van der Waals surface area contributed by atoms with Crippen molar-refractivity contribution < 1.29 is 4.79 Å². The molecule has 3 heteroatoms. The number of amides is 1. The van der Waals surface area contributed by atoms with Crippen molar-refractivity contribution in [3.05, 3.63) is 29.8 Å². The second-order valence-corrected chi connectivity index (χ2v) is 6.52. The Morgan fingerprint density at radius 3 is 2.10 bits per heavy atom. The molecule has 1 fully saturated rings. The lowest BCUT2D eigenvalue weighted by atomic mass is 10.0. The lowest BCUT2D eigenvalue weighted by Gasteiger charge is -2.46. The van der Waals surface area contributed by atoms with E-state index in [9.17, 15) is 4.79 Å². The maximum atomic E-state index is 12.4. The van der Waals surface area contributed by atoms with Gasteiger partial charge in [0.2, 0.25) is 5.91 Å². The summed E-state index contributed by atoms with van der Waals surface area (Å²) in [5, 5.41) is 0. The van der Waals surface area contributed by atoms with Crippen LogP contribution in [0.5, 0.6) is 0 Å². The third-order valence-corrected chi connectivity index (χ3v) is 4.38. The van der Waals surface area contributed by atoms with E-state index in [1.54, 1.807) is 0 Å². The molecule has 2 atom stereocenters. The molecule has 0 aromatic heterocycles. The third-order valence-electron chi connectivity index (χ3n) is 4.38. The average molecular weight is 288 g/mol. The van der Waals surface area contributed by atoms with E-state index >= 15 is 0 Å². The van der Waals surface area contributed by atoms with Gasteiger partial charge in [-0.05, 0) is 38.0 Å². The first kappa shape index (κ1) is 15.9. The van der Waals surface area contributed by atoms with Crippen molar-refractivity contribution in [2.75, 3.05) is 18.0 Å². The molecular weight excluding hydrogens is 260 g/mol. The molecule has 116 valence electrons. The molecule has 1 aromatic rings. The number of nitrogens with zero attached hydrogens (tertiary/aromatic N) is 2. The smallest absolute Gasteiger partial charge is 0.225 e. The van der Waals surface area contributed by atoms with Gasteiger partial charge in [0, 0.05) is 36.8 Å². The van der Waals surface area contributed by atoms with Crippen molar-refractivity contribution in [3.63, 3.8) is 0 Å². The van der Waals surface area contributed by atoms with E-state index in [-0.39, 0.29) is 23.9 Å². The molecule has 1 aromatic carbocycles. The van der Waals surface area contributed by atoms with Crippen LogP contribution >= 0.6 is 0 Å². The molecule has 0 spiro atoms. The Bertz CT molecular complexity index is 468. The molecule has 0 bridgehead atoms. The van der Waals surface area contributed by atoms with Gasteiger partial charge in [-0.25, -0.2) is 0 Å². The first-order valence-corrected chi connectivity index (χ1v) is 8.10. The van der Waals surface area contributed by atoms with Gasteiger partial charge in [-0.3, -0.25) is 4.79 Å². The number of hydrogen-bond acceptors (Lipinski definition) is 2. The standard InChI is InChI=1S/C18H28N2O/c1-6-16-7-9-17(10-8-16)19-11-14(4)20(15(5)12-19)18(21)13(2)3/h7-10,13-15H,6,11-12H2,1-5H3. The number of aryl methyl sites for hydroxylation is 1. The lowest BCUT2D eigenvalue weighted by Crippen LogP contribution is -2.59. The van der Waals surface area contributed by atoms with Gasteiger partial charge in [0.1, 0.15) is 0 Å². The molecule has 2 unspecified atom stereocenters. The van der Waals surface area contributed by atoms with Crippen LogP contribution in [0, 0.1) is 5.92 Å². The van der Waals surface area contributed by atoms with Gasteiger partial charge < -0.3 is 9.80 Å². The molecule has 0 aliphatic carbocycles. The normalized spacial score (nSPS) is 22.8. The Labute approximate surface area is 128 Å². The Hall–Kier alpha value is -1.51. The first-order chi connectivity index (χ1) is 9.93. The summed E-state index contributed by atoms with van der Waals surface area (Å²) in [5.74, 6) is 0.348. The summed E-state index contributed by atoms with van der Waals surface area (Å²) in [6.45, 7) is 12.3. The predicted octanol–water partition coefficient (Wildman–Crippen LogP) is 3.33. The fourth-order valence-electron chi connectivity index (χ4n) is 3.21. The molecule has 0 radical (unpaired) electrons. The predicted molar refractivity (Wildman–Crippen MR) is 88.6 cm³/mol. The van der Waals surface area contributed by atoms with Crippen LogP contribution in [-0.2, 0) is 11.2 Å². The Morgan fingerprint density at radius 1 is 1.14 bits per heavy atom. The highest BCUT2D eigenvalue weighted by molar-refractivity contribution is 5.79. The van der Waals surface area contributed by atoms with Gasteiger partial charge in [0.15, 0.2) is 0 Å². The van der Waals surface area contributed by atoms with Crippen LogP contribution in [-0.4, -0.2) is 36.0 Å². The molecule has 0 saturated carbocycles. The van der Waals surface area contributed by atoms with Crippen LogP contribution in [0.4, 0.5) is 5.69 Å². The summed E-state index contributed by atoms with van der Waals surface area (Å²) in [5.41, 5.74) is 2.64. The zero-order valence-corrected chi connectivity index (χ0v) is 14.0. The molecule has 21 heavy (non-hydrogen) atoms. The Morgan fingerprint density at radius 2 is 1.67 bits per heavy atom. The van der Waals surface area contributed by atoms with E-state index < -0.39 is 0 Å². The van der Waals surface area contributed by atoms with Crippen LogP contribution in [0.25, 0.3) is 0 Å². The van der Waals surface area contributed by atoms with Gasteiger partial charge in [-0.15, -0.1) is 0 Å². The van der Waals surface area contributed by atoms with Crippen molar-refractivity contribution in [3.8, 4) is 0 Å². The summed E-state index contributed by atoms with van der Waals surface area (Å²) in [7, 11) is 0. The van der Waals surface area contributed by atoms with E-state index in [1.165, 1.54) is 11.3 Å². The highest BCUT2D eigenvalue weighted by atomic mass is 16.2. The summed E-state index contributed by atoms with van der Waals surface area (Å²) in [6.07, 6.45) is 1.07. The van der Waals surface area contributed by atoms with E-state index in [4.69, 9.17) is 0 Å². The van der Waals surface area contributed by atoms with Crippen molar-refractivity contribution in [2.24, 2.45) is 5.92 Å². The third kappa shape index (κ3) is 3.39. The van der Waals surface area contributed by atoms with E-state index in [0.29, 0.717) is 0 Å². The Balaban J connectivity index is 2.11. The molecule has 1 aliphatic heterocycles. The number of carbonyl (C=O) groups is 1. The molecule has 3 nitrogen and oxygen atoms in total. The van der Waals surface area contributed by atoms with Gasteiger partial charge in [0.05, 0.1) is 0 Å². The summed E-state index contributed by atoms with van der Waals surface area (Å²) in [4.78, 5) is 16.8. The monoisotopic (exact) mass is 288 g/mol. The quantitative estimate of drug-likeness (QED) is 0.852. The number of carbonyl (C=O) groups excluding carboxylic acids is 1. The minimum Gasteiger partial charge on any atom is -0.367 e. The molecular formula is C18H28N2O. The molecule has 0 N–H and O–H groups in total. The van der Waals surface area contributed by atoms with Gasteiger partial charge in [-0.2, -0.15) is 0 Å². The fourth-order valence-corrected chi connectivity index (χ4v) is 3.21. The molecule has 1 saturated heterocycles. The van der Waals surface area contributed by atoms with Crippen molar-refractivity contribution in [1.82, 2.24) is 4.90 Å². The van der Waals surface area contributed by atoms with Crippen molar-refractivity contribution in [1.29, 1.82) is 0 Å². The van der Waals surface area contributed by atoms with E-state index in [2.05, 4.69) is 54.8 Å².